The summed E-state index contributed by atoms with van der Waals surface area (Å²) in [5.41, 5.74) is 2.67. The second-order valence-electron chi connectivity index (χ2n) is 5.97. The molecule has 0 aliphatic carbocycles. The molecule has 0 amide bonds. The largest absolute Gasteiger partial charge is 0.417 e. The number of hydrogen-bond acceptors (Lipinski definition) is 1. The number of halogens is 7. The third-order valence-electron chi connectivity index (χ3n) is 4.19. The van der Waals surface area contributed by atoms with E-state index in [0.29, 0.717) is 0 Å². The summed E-state index contributed by atoms with van der Waals surface area (Å²) in [5.74, 6) is 0. The van der Waals surface area contributed by atoms with Crippen LogP contribution < -0.4 is 5.73 Å². The molecule has 146 valence electrons. The summed E-state index contributed by atoms with van der Waals surface area (Å²) in [6.07, 6.45) is -9.46. The maximum absolute atomic E-state index is 13.5. The number of hydrogen-bond donors (Lipinski definition) is 1. The number of anilines is 1. The molecular formula is C20H12ClF6N. The maximum Gasteiger partial charge on any atom is 0.417 e. The summed E-state index contributed by atoms with van der Waals surface area (Å²) >= 11 is 6.17. The van der Waals surface area contributed by atoms with E-state index in [4.69, 9.17) is 17.3 Å². The van der Waals surface area contributed by atoms with Crippen LogP contribution in [0.5, 0.6) is 0 Å². The van der Waals surface area contributed by atoms with Gasteiger partial charge in [0.1, 0.15) is 0 Å². The molecule has 3 aromatic rings. The van der Waals surface area contributed by atoms with Gasteiger partial charge in [0.15, 0.2) is 0 Å². The van der Waals surface area contributed by atoms with E-state index < -0.39 is 23.5 Å². The average molecular weight is 416 g/mol. The molecule has 0 spiro atoms. The Morgan fingerprint density at radius 2 is 1.04 bits per heavy atom. The zero-order valence-corrected chi connectivity index (χ0v) is 14.8. The number of nitrogen functional groups attached to an aromatic ring is 1. The third-order valence-corrected chi connectivity index (χ3v) is 4.51. The van der Waals surface area contributed by atoms with Gasteiger partial charge in [-0.3, -0.25) is 0 Å². The molecule has 0 saturated carbocycles. The first kappa shape index (κ1) is 20.1. The lowest BCUT2D eigenvalue weighted by Crippen LogP contribution is -2.10. The van der Waals surface area contributed by atoms with Gasteiger partial charge in [0, 0.05) is 21.8 Å². The summed E-state index contributed by atoms with van der Waals surface area (Å²) in [4.78, 5) is 0. The molecule has 0 bridgehead atoms. The fourth-order valence-electron chi connectivity index (χ4n) is 3.04. The van der Waals surface area contributed by atoms with Crippen LogP contribution >= 0.6 is 11.6 Å². The molecule has 3 rings (SSSR count). The standard InChI is InChI=1S/C20H12ClF6N/c21-15-9-10-16(28)18(12-6-2-4-8-14(12)20(25,26)27)17(15)11-5-1-3-7-13(11)19(22,23)24/h1-10H,28H2. The van der Waals surface area contributed by atoms with E-state index in [9.17, 15) is 26.3 Å². The molecule has 0 aliphatic heterocycles. The van der Waals surface area contributed by atoms with Crippen molar-refractivity contribution in [2.75, 3.05) is 5.73 Å². The van der Waals surface area contributed by atoms with Crippen molar-refractivity contribution in [2.45, 2.75) is 12.4 Å². The van der Waals surface area contributed by atoms with E-state index >= 15 is 0 Å². The quantitative estimate of drug-likeness (QED) is 0.345. The number of rotatable bonds is 2. The van der Waals surface area contributed by atoms with E-state index in [0.717, 1.165) is 24.3 Å². The minimum Gasteiger partial charge on any atom is -0.398 e. The van der Waals surface area contributed by atoms with Gasteiger partial charge >= 0.3 is 12.4 Å². The van der Waals surface area contributed by atoms with Gasteiger partial charge in [-0.05, 0) is 35.4 Å². The van der Waals surface area contributed by atoms with Crippen LogP contribution in [0.2, 0.25) is 5.02 Å². The van der Waals surface area contributed by atoms with Crippen molar-refractivity contribution >= 4 is 17.3 Å². The normalized spacial score (nSPS) is 12.2. The second-order valence-corrected chi connectivity index (χ2v) is 6.38. The zero-order valence-electron chi connectivity index (χ0n) is 14.0. The highest BCUT2D eigenvalue weighted by atomic mass is 35.5. The Morgan fingerprint density at radius 1 is 0.607 bits per heavy atom. The predicted molar refractivity (Wildman–Crippen MR) is 96.7 cm³/mol. The summed E-state index contributed by atoms with van der Waals surface area (Å²) in [6, 6.07) is 11.6. The molecule has 8 heteroatoms. The summed E-state index contributed by atoms with van der Waals surface area (Å²) in [6.45, 7) is 0. The van der Waals surface area contributed by atoms with Crippen molar-refractivity contribution in [2.24, 2.45) is 0 Å². The predicted octanol–water partition coefficient (Wildman–Crippen LogP) is 7.29. The van der Waals surface area contributed by atoms with Gasteiger partial charge in [0.05, 0.1) is 11.1 Å². The first-order valence-corrected chi connectivity index (χ1v) is 8.30. The summed E-state index contributed by atoms with van der Waals surface area (Å²) in [5, 5.41) is -0.141. The Hall–Kier alpha value is -2.67. The highest BCUT2D eigenvalue weighted by Crippen LogP contribution is 2.48. The van der Waals surface area contributed by atoms with Crippen LogP contribution in [-0.4, -0.2) is 0 Å². The molecule has 0 atom stereocenters. The van der Waals surface area contributed by atoms with Crippen LogP contribution in [0.4, 0.5) is 32.0 Å². The zero-order chi connectivity index (χ0) is 20.7. The Bertz CT molecular complexity index is 941. The Balaban J connectivity index is 2.43. The van der Waals surface area contributed by atoms with Gasteiger partial charge < -0.3 is 5.73 Å². The molecule has 3 aromatic carbocycles. The number of alkyl halides is 6. The van der Waals surface area contributed by atoms with Gasteiger partial charge in [0.2, 0.25) is 0 Å². The fourth-order valence-corrected chi connectivity index (χ4v) is 3.30. The molecule has 0 aromatic heterocycles. The van der Waals surface area contributed by atoms with Crippen LogP contribution in [0.1, 0.15) is 11.1 Å². The molecule has 0 radical (unpaired) electrons. The van der Waals surface area contributed by atoms with Crippen molar-refractivity contribution in [3.05, 3.63) is 76.8 Å². The number of benzene rings is 3. The van der Waals surface area contributed by atoms with Crippen molar-refractivity contribution in [1.29, 1.82) is 0 Å². The summed E-state index contributed by atoms with van der Waals surface area (Å²) < 4.78 is 81.1. The van der Waals surface area contributed by atoms with E-state index in [1.54, 1.807) is 0 Å². The molecule has 1 nitrogen and oxygen atoms in total. The molecular weight excluding hydrogens is 404 g/mol. The lowest BCUT2D eigenvalue weighted by atomic mass is 9.88. The van der Waals surface area contributed by atoms with E-state index in [-0.39, 0.29) is 33.0 Å². The van der Waals surface area contributed by atoms with Crippen molar-refractivity contribution in [3.63, 3.8) is 0 Å². The first-order chi connectivity index (χ1) is 13.0. The molecule has 0 unspecified atom stereocenters. The van der Waals surface area contributed by atoms with Crippen molar-refractivity contribution < 1.29 is 26.3 Å². The van der Waals surface area contributed by atoms with E-state index in [1.165, 1.54) is 36.4 Å². The molecule has 0 fully saturated rings. The highest BCUT2D eigenvalue weighted by Gasteiger charge is 2.37. The molecule has 0 aliphatic rings. The highest BCUT2D eigenvalue weighted by molar-refractivity contribution is 6.34. The Morgan fingerprint density at radius 3 is 1.50 bits per heavy atom. The average Bonchev–Trinajstić information content (AvgIpc) is 2.62. The Labute approximate surface area is 161 Å². The first-order valence-electron chi connectivity index (χ1n) is 7.93. The van der Waals surface area contributed by atoms with Gasteiger partial charge in [-0.15, -0.1) is 0 Å². The fraction of sp³-hybridized carbons (Fsp3) is 0.100. The smallest absolute Gasteiger partial charge is 0.398 e. The van der Waals surface area contributed by atoms with Crippen LogP contribution in [0, 0.1) is 0 Å². The summed E-state index contributed by atoms with van der Waals surface area (Å²) in [7, 11) is 0. The van der Waals surface area contributed by atoms with Gasteiger partial charge in [-0.2, -0.15) is 26.3 Å². The Kier molecular flexibility index (Phi) is 5.06. The monoisotopic (exact) mass is 415 g/mol. The SMILES string of the molecule is Nc1ccc(Cl)c(-c2ccccc2C(F)(F)F)c1-c1ccccc1C(F)(F)F. The maximum atomic E-state index is 13.5. The van der Waals surface area contributed by atoms with Gasteiger partial charge in [0.25, 0.3) is 0 Å². The molecule has 28 heavy (non-hydrogen) atoms. The van der Waals surface area contributed by atoms with Gasteiger partial charge in [-0.25, -0.2) is 0 Å². The lowest BCUT2D eigenvalue weighted by Gasteiger charge is -2.21. The third kappa shape index (κ3) is 3.67. The molecule has 0 heterocycles. The van der Waals surface area contributed by atoms with Crippen LogP contribution in [0.3, 0.4) is 0 Å². The lowest BCUT2D eigenvalue weighted by molar-refractivity contribution is -0.138. The number of nitrogens with two attached hydrogens (primary N) is 1. The van der Waals surface area contributed by atoms with Crippen LogP contribution in [0.25, 0.3) is 22.3 Å². The van der Waals surface area contributed by atoms with Crippen molar-refractivity contribution in [3.8, 4) is 22.3 Å². The van der Waals surface area contributed by atoms with Crippen LogP contribution in [0.15, 0.2) is 60.7 Å². The molecule has 2 N–H and O–H groups in total. The molecule has 0 saturated heterocycles. The van der Waals surface area contributed by atoms with Crippen molar-refractivity contribution in [1.82, 2.24) is 0 Å². The second kappa shape index (κ2) is 7.05. The van der Waals surface area contributed by atoms with Crippen LogP contribution in [-0.2, 0) is 12.4 Å². The minimum absolute atomic E-state index is 0.118. The van der Waals surface area contributed by atoms with E-state index in [2.05, 4.69) is 0 Å². The van der Waals surface area contributed by atoms with Gasteiger partial charge in [-0.1, -0.05) is 48.0 Å². The topological polar surface area (TPSA) is 26.0 Å². The minimum atomic E-state index is -4.73. The van der Waals surface area contributed by atoms with E-state index in [1.807, 2.05) is 0 Å².